The summed E-state index contributed by atoms with van der Waals surface area (Å²) >= 11 is 0. The third kappa shape index (κ3) is 13.5. The Morgan fingerprint density at radius 1 is 0.574 bits per heavy atom. The maximum atomic E-state index is 13.3. The fourth-order valence-electron chi connectivity index (χ4n) is 8.27. The third-order valence-electron chi connectivity index (χ3n) is 10.8. The second-order valence-electron chi connectivity index (χ2n) is 16.1. The Bertz CT molecular complexity index is 2170. The number of carboxylic acid groups (broad SMARTS) is 1. The first-order valence-corrected chi connectivity index (χ1v) is 21.4. The number of esters is 5. The van der Waals surface area contributed by atoms with Gasteiger partial charge in [0.15, 0.2) is 43.0 Å². The van der Waals surface area contributed by atoms with E-state index in [0.29, 0.717) is 0 Å². The van der Waals surface area contributed by atoms with Crippen molar-refractivity contribution in [2.75, 3.05) is 19.8 Å². The minimum atomic E-state index is -1.83. The van der Waals surface area contributed by atoms with Crippen LogP contribution in [-0.2, 0) is 85.7 Å². The zero-order valence-corrected chi connectivity index (χ0v) is 38.4. The lowest BCUT2D eigenvalue weighted by Gasteiger charge is -2.47. The first-order chi connectivity index (χ1) is 32.1. The van der Waals surface area contributed by atoms with Gasteiger partial charge in [-0.1, -0.05) is 48.5 Å². The molecule has 1 aliphatic carbocycles. The van der Waals surface area contributed by atoms with Gasteiger partial charge in [-0.25, -0.2) is 9.59 Å². The topological polar surface area (TPSA) is 302 Å². The number of nitrogens with one attached hydrogen (secondary N) is 3. The molecule has 2 saturated heterocycles. The number of carbonyl (C=O) groups excluding carboxylic acids is 8. The van der Waals surface area contributed by atoms with Crippen LogP contribution in [-0.4, -0.2) is 152 Å². The summed E-state index contributed by atoms with van der Waals surface area (Å²) in [6.07, 6.45) is -15.2. The molecule has 2 heterocycles. The van der Waals surface area contributed by atoms with Crippen LogP contribution in [0.2, 0.25) is 0 Å². The summed E-state index contributed by atoms with van der Waals surface area (Å²) in [6, 6.07) is 10.4. The summed E-state index contributed by atoms with van der Waals surface area (Å²) in [4.78, 5) is 113. The Hall–Kier alpha value is -6.69. The number of benzene rings is 2. The maximum Gasteiger partial charge on any atom is 0.407 e. The zero-order valence-electron chi connectivity index (χ0n) is 38.4. The molecule has 0 unspecified atom stereocenters. The van der Waals surface area contributed by atoms with Crippen molar-refractivity contribution < 1.29 is 95.6 Å². The summed E-state index contributed by atoms with van der Waals surface area (Å²) in [6.45, 7) is 7.33. The van der Waals surface area contributed by atoms with Gasteiger partial charge < -0.3 is 68.4 Å². The number of hydrogen-bond donors (Lipinski definition) is 4. The van der Waals surface area contributed by atoms with E-state index in [1.165, 1.54) is 6.92 Å². The van der Waals surface area contributed by atoms with Crippen LogP contribution in [0.1, 0.15) is 72.4 Å². The van der Waals surface area contributed by atoms with Crippen LogP contribution in [0.5, 0.6) is 0 Å². The average molecular weight is 958 g/mol. The Balaban J connectivity index is 1.43. The molecule has 0 bridgehead atoms. The molecular weight excluding hydrogens is 902 g/mol. The van der Waals surface area contributed by atoms with Crippen molar-refractivity contribution >= 4 is 53.7 Å². The van der Waals surface area contributed by atoms with Crippen LogP contribution < -0.4 is 16.0 Å². The highest BCUT2D eigenvalue weighted by Gasteiger charge is 2.55. The van der Waals surface area contributed by atoms with Crippen molar-refractivity contribution in [2.45, 2.75) is 135 Å². The van der Waals surface area contributed by atoms with Crippen molar-refractivity contribution in [1.82, 2.24) is 16.0 Å². The molecule has 3 amide bonds. The number of amides is 3. The third-order valence-corrected chi connectivity index (χ3v) is 10.8. The number of carboxylic acids is 1. The smallest absolute Gasteiger partial charge is 0.407 e. The summed E-state index contributed by atoms with van der Waals surface area (Å²) < 4.78 is 57.5. The summed E-state index contributed by atoms with van der Waals surface area (Å²) in [5.41, 5.74) is 3.77. The Morgan fingerprint density at radius 2 is 1.01 bits per heavy atom. The highest BCUT2D eigenvalue weighted by Crippen LogP contribution is 2.44. The molecule has 0 radical (unpaired) electrons. The van der Waals surface area contributed by atoms with Crippen LogP contribution in [0.4, 0.5) is 4.79 Å². The van der Waals surface area contributed by atoms with Gasteiger partial charge in [0.1, 0.15) is 37.5 Å². The normalized spacial score (nSPS) is 25.9. The minimum absolute atomic E-state index is 0.148. The largest absolute Gasteiger partial charge is 0.480 e. The summed E-state index contributed by atoms with van der Waals surface area (Å²) in [5.74, 6) is -7.66. The van der Waals surface area contributed by atoms with E-state index in [0.717, 1.165) is 70.7 Å². The number of ether oxygens (including phenoxy) is 10. The van der Waals surface area contributed by atoms with E-state index in [1.54, 1.807) is 0 Å². The highest BCUT2D eigenvalue weighted by molar-refractivity contribution is 5.81. The highest BCUT2D eigenvalue weighted by atomic mass is 16.7. The Morgan fingerprint density at radius 3 is 1.47 bits per heavy atom. The predicted molar refractivity (Wildman–Crippen MR) is 228 cm³/mol. The molecule has 370 valence electrons. The standard InChI is InChI=1S/C45H55N3O20/c1-20(35(42(56)57)48-45(58)61-17-32-30-15-11-9-13-28(30)29-14-10-12-16-31(29)32)62-44-37(47-22(3)50)41(66-27(8)55)39(64-25(6)53)34(68-44)19-60-43-36(46-21(2)49)40(65-26(7)54)38(63-24(5)52)33(67-43)18-59-23(4)51/h9-16,20,32-41,43-44H,17-19H2,1-8H3,(H,46,49)(H,47,50)(H,48,58)(H,56,57)/t20-,33-,34-,35+,36-,37-,38-,39+,40-,41-,43-,44+/m1/s1. The lowest BCUT2D eigenvalue weighted by atomic mass is 9.95. The van der Waals surface area contributed by atoms with E-state index in [2.05, 4.69) is 16.0 Å². The van der Waals surface area contributed by atoms with Crippen LogP contribution >= 0.6 is 0 Å². The van der Waals surface area contributed by atoms with Crippen LogP contribution in [0.25, 0.3) is 11.1 Å². The van der Waals surface area contributed by atoms with Crippen LogP contribution in [0, 0.1) is 0 Å². The van der Waals surface area contributed by atoms with Crippen molar-refractivity contribution in [1.29, 1.82) is 0 Å². The van der Waals surface area contributed by atoms with E-state index in [-0.39, 0.29) is 12.5 Å². The van der Waals surface area contributed by atoms with Gasteiger partial charge in [-0.3, -0.25) is 33.6 Å². The van der Waals surface area contributed by atoms with Crippen molar-refractivity contribution in [3.8, 4) is 11.1 Å². The van der Waals surface area contributed by atoms with Gasteiger partial charge in [-0.05, 0) is 29.2 Å². The van der Waals surface area contributed by atoms with Gasteiger partial charge in [0.25, 0.3) is 0 Å². The van der Waals surface area contributed by atoms with Crippen LogP contribution in [0.3, 0.4) is 0 Å². The summed E-state index contributed by atoms with van der Waals surface area (Å²) in [7, 11) is 0. The Kier molecular flexibility index (Phi) is 18.0. The van der Waals surface area contributed by atoms with Gasteiger partial charge in [-0.2, -0.15) is 0 Å². The lowest BCUT2D eigenvalue weighted by molar-refractivity contribution is -0.312. The summed E-state index contributed by atoms with van der Waals surface area (Å²) in [5, 5.41) is 17.7. The molecule has 2 aromatic carbocycles. The van der Waals surface area contributed by atoms with Crippen LogP contribution in [0.15, 0.2) is 48.5 Å². The van der Waals surface area contributed by atoms with Gasteiger partial charge in [0.2, 0.25) is 11.8 Å². The second-order valence-corrected chi connectivity index (χ2v) is 16.1. The maximum absolute atomic E-state index is 13.3. The molecule has 3 aliphatic rings. The number of aliphatic carboxylic acids is 1. The lowest BCUT2D eigenvalue weighted by Crippen LogP contribution is -2.68. The molecule has 68 heavy (non-hydrogen) atoms. The van der Waals surface area contributed by atoms with E-state index in [1.807, 2.05) is 48.5 Å². The predicted octanol–water partition coefficient (Wildman–Crippen LogP) is 1.15. The molecule has 23 heteroatoms. The molecule has 23 nitrogen and oxygen atoms in total. The number of fused-ring (bicyclic) bond motifs is 3. The van der Waals surface area contributed by atoms with Crippen molar-refractivity contribution in [2.24, 2.45) is 0 Å². The van der Waals surface area contributed by atoms with Gasteiger partial charge >= 0.3 is 41.9 Å². The molecule has 4 N–H and O–H groups in total. The molecule has 2 aliphatic heterocycles. The number of carbonyl (C=O) groups is 9. The van der Waals surface area contributed by atoms with E-state index < -0.39 is 140 Å². The SMILES string of the molecule is CC(=O)N[C@H]1[C@@H](O[C@H](C)[C@H](NC(=O)OCC2c3ccccc3-c3ccccc32)C(=O)O)O[C@H](CO[C@@H]2O[C@H](COC(C)=O)[C@@H](OC(C)=O)[C@H](OC(C)=O)[C@H]2NC(C)=O)[C@H](OC(C)=O)[C@@H]1OC(C)=O. The van der Waals surface area contributed by atoms with Gasteiger partial charge in [0.05, 0.1) is 12.7 Å². The Labute approximate surface area is 390 Å². The molecule has 0 spiro atoms. The average Bonchev–Trinajstić information content (AvgIpc) is 3.56. The fourth-order valence-corrected chi connectivity index (χ4v) is 8.27. The zero-order chi connectivity index (χ0) is 50.0. The monoisotopic (exact) mass is 957 g/mol. The first kappa shape index (κ1) is 52.3. The second kappa shape index (κ2) is 23.4. The molecule has 5 rings (SSSR count). The van der Waals surface area contributed by atoms with E-state index in [9.17, 15) is 48.3 Å². The molecular formula is C45H55N3O20. The molecule has 2 aromatic rings. The van der Waals surface area contributed by atoms with Crippen molar-refractivity contribution in [3.05, 3.63) is 59.7 Å². The first-order valence-electron chi connectivity index (χ1n) is 21.4. The minimum Gasteiger partial charge on any atom is -0.480 e. The molecule has 0 aromatic heterocycles. The van der Waals surface area contributed by atoms with E-state index >= 15 is 0 Å². The quantitative estimate of drug-likeness (QED) is 0.120. The number of rotatable bonds is 18. The fraction of sp³-hybridized carbons (Fsp3) is 0.533. The van der Waals surface area contributed by atoms with Gasteiger partial charge in [-0.15, -0.1) is 0 Å². The van der Waals surface area contributed by atoms with E-state index in [4.69, 9.17) is 47.4 Å². The molecule has 0 saturated carbocycles. The number of alkyl carbamates (subject to hydrolysis) is 1. The number of hydrogen-bond acceptors (Lipinski definition) is 19. The van der Waals surface area contributed by atoms with Crippen molar-refractivity contribution in [3.63, 3.8) is 0 Å². The molecule has 2 fully saturated rings. The van der Waals surface area contributed by atoms with Gasteiger partial charge in [0, 0.05) is 54.4 Å². The molecule has 12 atom stereocenters.